The largest absolute Gasteiger partial charge is 0.489 e. The molecule has 0 aromatic heterocycles. The lowest BCUT2D eigenvalue weighted by atomic mass is 10.1. The summed E-state index contributed by atoms with van der Waals surface area (Å²) in [4.78, 5) is 12.3. The summed E-state index contributed by atoms with van der Waals surface area (Å²) < 4.78 is 17.2. The number of nitrogens with one attached hydrogen (secondary N) is 1. The number of fused-ring (bicyclic) bond motifs is 2. The number of hydrogen-bond acceptors (Lipinski definition) is 5. The molecule has 0 saturated carbocycles. The van der Waals surface area contributed by atoms with Crippen molar-refractivity contribution in [2.24, 2.45) is 5.10 Å². The second-order valence-electron chi connectivity index (χ2n) is 7.59. The first-order valence-electron chi connectivity index (χ1n) is 10.7. The van der Waals surface area contributed by atoms with E-state index in [1.807, 2.05) is 54.6 Å². The number of carbonyl (C=O) groups excluding carboxylic acids is 1. The minimum Gasteiger partial charge on any atom is -0.489 e. The molecule has 6 heteroatoms. The van der Waals surface area contributed by atoms with E-state index in [1.165, 1.54) is 10.8 Å². The highest BCUT2D eigenvalue weighted by Crippen LogP contribution is 2.30. The molecule has 0 bridgehead atoms. The molecule has 4 aromatic rings. The average Bonchev–Trinajstić information content (AvgIpc) is 2.88. The SMILES string of the molecule is O=C(NN=Cc1ccc(OCc2cccc3ccccc23)cc1)C1COc2ccccc2O1. The second-order valence-corrected chi connectivity index (χ2v) is 7.59. The normalized spacial score (nSPS) is 14.8. The van der Waals surface area contributed by atoms with E-state index in [2.05, 4.69) is 34.8 Å². The number of carbonyl (C=O) groups is 1. The van der Waals surface area contributed by atoms with E-state index in [0.717, 1.165) is 16.9 Å². The molecule has 1 aliphatic heterocycles. The van der Waals surface area contributed by atoms with Gasteiger partial charge in [0.15, 0.2) is 11.5 Å². The quantitative estimate of drug-likeness (QED) is 0.350. The van der Waals surface area contributed by atoms with Gasteiger partial charge in [-0.3, -0.25) is 4.79 Å². The number of benzene rings is 4. The highest BCUT2D eigenvalue weighted by atomic mass is 16.6. The highest BCUT2D eigenvalue weighted by Gasteiger charge is 2.26. The lowest BCUT2D eigenvalue weighted by Crippen LogP contribution is -2.42. The maximum atomic E-state index is 12.3. The molecule has 5 rings (SSSR count). The summed E-state index contributed by atoms with van der Waals surface area (Å²) in [6, 6.07) is 29.2. The standard InChI is InChI=1S/C27H22N2O4/c30-27(26-18-32-24-10-3-4-11-25(24)33-26)29-28-16-19-12-14-22(15-13-19)31-17-21-8-5-7-20-6-1-2-9-23(20)21/h1-16,26H,17-18H2,(H,29,30). The van der Waals surface area contributed by atoms with Crippen molar-refractivity contribution in [3.05, 3.63) is 102 Å². The van der Waals surface area contributed by atoms with Crippen molar-refractivity contribution >= 4 is 22.9 Å². The lowest BCUT2D eigenvalue weighted by Gasteiger charge is -2.24. The van der Waals surface area contributed by atoms with Crippen LogP contribution < -0.4 is 19.6 Å². The predicted molar refractivity (Wildman–Crippen MR) is 127 cm³/mol. The fraction of sp³-hybridized carbons (Fsp3) is 0.111. The number of rotatable bonds is 6. The molecule has 1 N–H and O–H groups in total. The Balaban J connectivity index is 1.14. The molecule has 33 heavy (non-hydrogen) atoms. The maximum absolute atomic E-state index is 12.3. The van der Waals surface area contributed by atoms with Gasteiger partial charge in [-0.25, -0.2) is 5.43 Å². The third-order valence-corrected chi connectivity index (χ3v) is 5.34. The van der Waals surface area contributed by atoms with E-state index < -0.39 is 6.10 Å². The molecule has 1 heterocycles. The van der Waals surface area contributed by atoms with Crippen LogP contribution in [0.15, 0.2) is 96.1 Å². The smallest absolute Gasteiger partial charge is 0.284 e. The second kappa shape index (κ2) is 9.44. The van der Waals surface area contributed by atoms with E-state index in [4.69, 9.17) is 14.2 Å². The van der Waals surface area contributed by atoms with Gasteiger partial charge in [0.2, 0.25) is 6.10 Å². The molecule has 4 aromatic carbocycles. The van der Waals surface area contributed by atoms with Gasteiger partial charge in [-0.1, -0.05) is 54.6 Å². The number of hydrazone groups is 1. The van der Waals surface area contributed by atoms with Crippen molar-refractivity contribution in [2.45, 2.75) is 12.7 Å². The van der Waals surface area contributed by atoms with Crippen LogP contribution in [0, 0.1) is 0 Å². The van der Waals surface area contributed by atoms with Gasteiger partial charge < -0.3 is 14.2 Å². The molecule has 0 fully saturated rings. The van der Waals surface area contributed by atoms with Gasteiger partial charge in [0.1, 0.15) is 19.0 Å². The summed E-state index contributed by atoms with van der Waals surface area (Å²) in [5.41, 5.74) is 4.47. The molecule has 164 valence electrons. The van der Waals surface area contributed by atoms with Gasteiger partial charge in [0.25, 0.3) is 5.91 Å². The molecular weight excluding hydrogens is 416 g/mol. The molecule has 0 aliphatic carbocycles. The molecule has 0 saturated heterocycles. The molecule has 0 radical (unpaired) electrons. The summed E-state index contributed by atoms with van der Waals surface area (Å²) in [5, 5.41) is 6.42. The molecule has 1 aliphatic rings. The molecule has 1 unspecified atom stereocenters. The zero-order chi connectivity index (χ0) is 22.5. The fourth-order valence-electron chi connectivity index (χ4n) is 3.62. The van der Waals surface area contributed by atoms with Crippen LogP contribution in [0.1, 0.15) is 11.1 Å². The van der Waals surface area contributed by atoms with E-state index in [1.54, 1.807) is 18.3 Å². The van der Waals surface area contributed by atoms with E-state index in [0.29, 0.717) is 18.1 Å². The van der Waals surface area contributed by atoms with Crippen LogP contribution in [-0.4, -0.2) is 24.8 Å². The van der Waals surface area contributed by atoms with Crippen LogP contribution in [-0.2, 0) is 11.4 Å². The van der Waals surface area contributed by atoms with E-state index >= 15 is 0 Å². The molecule has 1 atom stereocenters. The predicted octanol–water partition coefficient (Wildman–Crippen LogP) is 4.71. The lowest BCUT2D eigenvalue weighted by molar-refractivity contribution is -0.130. The summed E-state index contributed by atoms with van der Waals surface area (Å²) >= 11 is 0. The third kappa shape index (κ3) is 4.80. The Morgan fingerprint density at radius 3 is 2.58 bits per heavy atom. The van der Waals surface area contributed by atoms with Gasteiger partial charge >= 0.3 is 0 Å². The minimum atomic E-state index is -0.748. The van der Waals surface area contributed by atoms with Gasteiger partial charge in [-0.05, 0) is 58.3 Å². The summed E-state index contributed by atoms with van der Waals surface area (Å²) in [6.07, 6.45) is 0.825. The Morgan fingerprint density at radius 2 is 1.70 bits per heavy atom. The van der Waals surface area contributed by atoms with Crippen molar-refractivity contribution in [2.75, 3.05) is 6.61 Å². The van der Waals surface area contributed by atoms with Crippen molar-refractivity contribution < 1.29 is 19.0 Å². The highest BCUT2D eigenvalue weighted by molar-refractivity contribution is 5.86. The summed E-state index contributed by atoms with van der Waals surface area (Å²) in [7, 11) is 0. The van der Waals surface area contributed by atoms with Crippen LogP contribution in [0.2, 0.25) is 0 Å². The van der Waals surface area contributed by atoms with Crippen molar-refractivity contribution in [3.63, 3.8) is 0 Å². The fourth-order valence-corrected chi connectivity index (χ4v) is 3.62. The van der Waals surface area contributed by atoms with Crippen LogP contribution in [0.3, 0.4) is 0 Å². The number of nitrogens with zero attached hydrogens (tertiary/aromatic N) is 1. The first-order chi connectivity index (χ1) is 16.3. The Morgan fingerprint density at radius 1 is 0.939 bits per heavy atom. The zero-order valence-electron chi connectivity index (χ0n) is 17.8. The molecule has 1 amide bonds. The van der Waals surface area contributed by atoms with Crippen molar-refractivity contribution in [1.29, 1.82) is 0 Å². The Labute approximate surface area is 191 Å². The molecular formula is C27H22N2O4. The van der Waals surface area contributed by atoms with E-state index in [9.17, 15) is 4.79 Å². The number of hydrogen-bond donors (Lipinski definition) is 1. The minimum absolute atomic E-state index is 0.140. The van der Waals surface area contributed by atoms with Crippen molar-refractivity contribution in [1.82, 2.24) is 5.43 Å². The van der Waals surface area contributed by atoms with Crippen LogP contribution in [0.5, 0.6) is 17.2 Å². The Kier molecular flexibility index (Phi) is 5.89. The first kappa shape index (κ1) is 20.6. The number of ether oxygens (including phenoxy) is 3. The van der Waals surface area contributed by atoms with Gasteiger partial charge in [-0.2, -0.15) is 5.10 Å². The van der Waals surface area contributed by atoms with Crippen LogP contribution in [0.25, 0.3) is 10.8 Å². The molecule has 6 nitrogen and oxygen atoms in total. The number of amides is 1. The monoisotopic (exact) mass is 438 g/mol. The Hall–Kier alpha value is -4.32. The topological polar surface area (TPSA) is 69.2 Å². The van der Waals surface area contributed by atoms with Crippen molar-refractivity contribution in [3.8, 4) is 17.2 Å². The number of para-hydroxylation sites is 2. The van der Waals surface area contributed by atoms with Gasteiger partial charge in [0.05, 0.1) is 6.21 Å². The first-order valence-corrected chi connectivity index (χ1v) is 10.7. The zero-order valence-corrected chi connectivity index (χ0v) is 17.8. The van der Waals surface area contributed by atoms with Crippen LogP contribution in [0.4, 0.5) is 0 Å². The Bertz CT molecular complexity index is 1300. The summed E-state index contributed by atoms with van der Waals surface area (Å²) in [6.45, 7) is 0.624. The van der Waals surface area contributed by atoms with Crippen LogP contribution >= 0.6 is 0 Å². The van der Waals surface area contributed by atoms with Gasteiger partial charge in [-0.15, -0.1) is 0 Å². The van der Waals surface area contributed by atoms with Gasteiger partial charge in [0, 0.05) is 0 Å². The molecule has 0 spiro atoms. The average molecular weight is 438 g/mol. The maximum Gasteiger partial charge on any atom is 0.284 e. The summed E-state index contributed by atoms with van der Waals surface area (Å²) in [5.74, 6) is 1.58. The van der Waals surface area contributed by atoms with E-state index in [-0.39, 0.29) is 12.5 Å². The third-order valence-electron chi connectivity index (χ3n) is 5.34.